The van der Waals surface area contributed by atoms with Crippen molar-refractivity contribution < 1.29 is 14.3 Å². The summed E-state index contributed by atoms with van der Waals surface area (Å²) in [5.41, 5.74) is 1.48. The smallest absolute Gasteiger partial charge is 0.333 e. The van der Waals surface area contributed by atoms with E-state index in [1.807, 2.05) is 30.3 Å². The van der Waals surface area contributed by atoms with Gasteiger partial charge in [-0.15, -0.1) is 0 Å². The van der Waals surface area contributed by atoms with Crippen LogP contribution in [-0.4, -0.2) is 31.2 Å². The van der Waals surface area contributed by atoms with Crippen LogP contribution in [0, 0.1) is 0 Å². The van der Waals surface area contributed by atoms with Gasteiger partial charge in [0.2, 0.25) is 0 Å². The van der Waals surface area contributed by atoms with Crippen LogP contribution in [0.1, 0.15) is 5.56 Å². The Hall–Kier alpha value is -1.52. The minimum absolute atomic E-state index is 0.218. The van der Waals surface area contributed by atoms with Crippen molar-refractivity contribution in [2.24, 2.45) is 0 Å². The first kappa shape index (κ1) is 14.5. The van der Waals surface area contributed by atoms with E-state index in [-0.39, 0.29) is 12.6 Å². The van der Waals surface area contributed by atoms with Gasteiger partial charge in [0.05, 0.1) is 13.2 Å². The molecule has 4 heteroatoms. The maximum absolute atomic E-state index is 11.6. The van der Waals surface area contributed by atoms with E-state index < -0.39 is 0 Å². The first-order chi connectivity index (χ1) is 8.74. The van der Waals surface area contributed by atoms with E-state index in [0.29, 0.717) is 25.2 Å². The van der Waals surface area contributed by atoms with E-state index >= 15 is 0 Å². The fraction of sp³-hybridized carbons (Fsp3) is 0.286. The summed E-state index contributed by atoms with van der Waals surface area (Å²) in [6, 6.07) is 9.67. The molecule has 3 nitrogen and oxygen atoms in total. The summed E-state index contributed by atoms with van der Waals surface area (Å²) in [7, 11) is 0. The first-order valence-corrected chi connectivity index (χ1v) is 6.11. The van der Waals surface area contributed by atoms with Crippen molar-refractivity contribution >= 4 is 23.6 Å². The Balaban J connectivity index is 2.25. The third-order valence-corrected chi connectivity index (χ3v) is 2.33. The molecule has 0 aliphatic carbocycles. The molecular weight excluding hydrogens is 248 g/mol. The van der Waals surface area contributed by atoms with Gasteiger partial charge in [0.25, 0.3) is 0 Å². The third-order valence-electron chi connectivity index (χ3n) is 2.20. The lowest BCUT2D eigenvalue weighted by Crippen LogP contribution is -2.13. The van der Waals surface area contributed by atoms with Crippen LogP contribution in [-0.2, 0) is 20.7 Å². The number of hydrogen-bond donors (Lipinski definition) is 0. The highest BCUT2D eigenvalue weighted by Gasteiger charge is 2.08. The van der Waals surface area contributed by atoms with Gasteiger partial charge in [-0.05, 0) is 5.56 Å². The second-order valence-corrected chi connectivity index (χ2v) is 3.98. The number of ether oxygens (including phenoxy) is 2. The zero-order valence-electron chi connectivity index (χ0n) is 10.1. The lowest BCUT2D eigenvalue weighted by Gasteiger charge is -2.07. The number of benzene rings is 1. The third kappa shape index (κ3) is 5.70. The Kier molecular flexibility index (Phi) is 6.91. The van der Waals surface area contributed by atoms with Gasteiger partial charge < -0.3 is 9.47 Å². The number of carbonyl (C=O) groups is 1. The first-order valence-electron chi connectivity index (χ1n) is 5.64. The van der Waals surface area contributed by atoms with Crippen molar-refractivity contribution in [3.8, 4) is 0 Å². The summed E-state index contributed by atoms with van der Waals surface area (Å²) in [6.45, 7) is 4.68. The topological polar surface area (TPSA) is 35.5 Å². The average molecular weight is 264 g/mol. The molecule has 1 aromatic carbocycles. The fourth-order valence-corrected chi connectivity index (χ4v) is 1.44. The molecule has 0 saturated heterocycles. The van der Waals surface area contributed by atoms with E-state index in [1.54, 1.807) is 0 Å². The second-order valence-electron chi connectivity index (χ2n) is 3.64. The molecule has 0 amide bonds. The maximum Gasteiger partial charge on any atom is 0.333 e. The van der Waals surface area contributed by atoms with Crippen molar-refractivity contribution in [2.75, 3.05) is 19.8 Å². The van der Waals surface area contributed by atoms with Crippen LogP contribution in [0.3, 0.4) is 0 Å². The Morgan fingerprint density at radius 2 is 2.00 bits per heavy atom. The molecule has 1 aromatic rings. The molecule has 0 saturated carbocycles. The quantitative estimate of drug-likeness (QED) is 0.312. The number of rotatable bonds is 8. The highest BCUT2D eigenvalue weighted by atomic mass is 32.1. The molecule has 0 spiro atoms. The van der Waals surface area contributed by atoms with Crippen molar-refractivity contribution in [3.63, 3.8) is 0 Å². The van der Waals surface area contributed by atoms with Crippen molar-refractivity contribution in [1.82, 2.24) is 0 Å². The molecule has 0 unspecified atom stereocenters. The molecule has 0 N–H and O–H groups in total. The molecule has 0 radical (unpaired) electrons. The minimum Gasteiger partial charge on any atom is -0.460 e. The SMILES string of the molecule is C=C(Cc1ccccc1)C(=O)OCCOCC=S. The Morgan fingerprint density at radius 3 is 2.67 bits per heavy atom. The van der Waals surface area contributed by atoms with Gasteiger partial charge in [0, 0.05) is 17.4 Å². The van der Waals surface area contributed by atoms with Crippen LogP contribution < -0.4 is 0 Å². The van der Waals surface area contributed by atoms with Crippen LogP contribution >= 0.6 is 12.2 Å². The van der Waals surface area contributed by atoms with Gasteiger partial charge in [0.1, 0.15) is 6.61 Å². The van der Waals surface area contributed by atoms with Crippen molar-refractivity contribution in [3.05, 3.63) is 48.0 Å². The molecule has 0 bridgehead atoms. The van der Waals surface area contributed by atoms with E-state index in [9.17, 15) is 4.79 Å². The van der Waals surface area contributed by atoms with E-state index in [4.69, 9.17) is 9.47 Å². The van der Waals surface area contributed by atoms with Gasteiger partial charge in [0.15, 0.2) is 0 Å². The maximum atomic E-state index is 11.6. The number of thiocarbonyl (C=S) groups is 1. The van der Waals surface area contributed by atoms with Crippen molar-refractivity contribution in [2.45, 2.75) is 6.42 Å². The largest absolute Gasteiger partial charge is 0.460 e. The lowest BCUT2D eigenvalue weighted by atomic mass is 10.1. The predicted molar refractivity (Wildman–Crippen MR) is 74.7 cm³/mol. The average Bonchev–Trinajstić information content (AvgIpc) is 2.39. The highest BCUT2D eigenvalue weighted by molar-refractivity contribution is 7.79. The van der Waals surface area contributed by atoms with Gasteiger partial charge in [-0.3, -0.25) is 0 Å². The van der Waals surface area contributed by atoms with Gasteiger partial charge in [-0.1, -0.05) is 49.1 Å². The molecule has 0 aliphatic rings. The monoisotopic (exact) mass is 264 g/mol. The normalized spacial score (nSPS) is 9.78. The zero-order valence-corrected chi connectivity index (χ0v) is 10.9. The van der Waals surface area contributed by atoms with Gasteiger partial charge >= 0.3 is 5.97 Å². The van der Waals surface area contributed by atoms with Gasteiger partial charge in [-0.2, -0.15) is 0 Å². The lowest BCUT2D eigenvalue weighted by molar-refractivity contribution is -0.140. The highest BCUT2D eigenvalue weighted by Crippen LogP contribution is 2.07. The summed E-state index contributed by atoms with van der Waals surface area (Å²) >= 11 is 4.60. The van der Waals surface area contributed by atoms with Crippen LogP contribution in [0.15, 0.2) is 42.5 Å². The number of carbonyl (C=O) groups excluding carboxylic acids is 1. The van der Waals surface area contributed by atoms with E-state index in [2.05, 4.69) is 18.8 Å². The second kappa shape index (κ2) is 8.55. The molecule has 96 valence electrons. The van der Waals surface area contributed by atoms with Crippen LogP contribution in [0.5, 0.6) is 0 Å². The Labute approximate surface area is 112 Å². The summed E-state index contributed by atoms with van der Waals surface area (Å²) in [5, 5.41) is 1.48. The summed E-state index contributed by atoms with van der Waals surface area (Å²) in [5.74, 6) is -0.384. The predicted octanol–water partition coefficient (Wildman–Crippen LogP) is 2.34. The van der Waals surface area contributed by atoms with E-state index in [1.165, 1.54) is 5.37 Å². The molecule has 18 heavy (non-hydrogen) atoms. The number of esters is 1. The van der Waals surface area contributed by atoms with Crippen LogP contribution in [0.25, 0.3) is 0 Å². The van der Waals surface area contributed by atoms with Crippen molar-refractivity contribution in [1.29, 1.82) is 0 Å². The summed E-state index contributed by atoms with van der Waals surface area (Å²) in [6.07, 6.45) is 0.500. The molecular formula is C14H16O3S. The zero-order chi connectivity index (χ0) is 13.2. The molecule has 0 atom stereocenters. The standard InChI is InChI=1S/C14H16O3S/c1-12(11-13-5-3-2-4-6-13)14(15)17-8-7-16-9-10-18/h2-6,10H,1,7-9,11H2. The fourth-order valence-electron chi connectivity index (χ4n) is 1.34. The molecule has 1 rings (SSSR count). The van der Waals surface area contributed by atoms with E-state index in [0.717, 1.165) is 5.56 Å². The molecule has 0 aromatic heterocycles. The molecule has 0 heterocycles. The summed E-state index contributed by atoms with van der Waals surface area (Å²) in [4.78, 5) is 11.6. The van der Waals surface area contributed by atoms with Gasteiger partial charge in [-0.25, -0.2) is 4.79 Å². The van der Waals surface area contributed by atoms with Crippen LogP contribution in [0.2, 0.25) is 0 Å². The summed E-state index contributed by atoms with van der Waals surface area (Å²) < 4.78 is 10.1. The molecule has 0 aliphatic heterocycles. The minimum atomic E-state index is -0.384. The van der Waals surface area contributed by atoms with Crippen LogP contribution in [0.4, 0.5) is 0 Å². The Morgan fingerprint density at radius 1 is 1.28 bits per heavy atom. The Bertz CT molecular complexity index is 401. The number of hydrogen-bond acceptors (Lipinski definition) is 4. The molecule has 0 fully saturated rings.